The van der Waals surface area contributed by atoms with Gasteiger partial charge in [-0.15, -0.1) is 0 Å². The molecule has 2 N–H and O–H groups in total. The number of benzene rings is 1. The zero-order valence-corrected chi connectivity index (χ0v) is 16.2. The summed E-state index contributed by atoms with van der Waals surface area (Å²) >= 11 is 0. The van der Waals surface area contributed by atoms with Gasteiger partial charge in [0, 0.05) is 12.5 Å². The Morgan fingerprint density at radius 2 is 1.86 bits per heavy atom. The van der Waals surface area contributed by atoms with Crippen molar-refractivity contribution in [2.75, 3.05) is 6.54 Å². The van der Waals surface area contributed by atoms with Gasteiger partial charge in [-0.3, -0.25) is 9.89 Å². The van der Waals surface area contributed by atoms with Gasteiger partial charge in [-0.25, -0.2) is 4.98 Å². The molecule has 1 aromatic carbocycles. The average Bonchev–Trinajstić information content (AvgIpc) is 3.41. The molecular weight excluding hydrogens is 350 g/mol. The number of H-pyrrole nitrogens is 2. The monoisotopic (exact) mass is 377 g/mol. The van der Waals surface area contributed by atoms with Crippen molar-refractivity contribution in [3.63, 3.8) is 0 Å². The molecule has 0 spiro atoms. The van der Waals surface area contributed by atoms with Gasteiger partial charge < -0.3 is 9.88 Å². The summed E-state index contributed by atoms with van der Waals surface area (Å²) in [6, 6.07) is 8.07. The average molecular weight is 377 g/mol. The molecule has 1 aliphatic heterocycles. The molecule has 2 aromatic heterocycles. The lowest BCUT2D eigenvalue weighted by Gasteiger charge is -2.35. The Labute approximate surface area is 164 Å². The number of aromatic amines is 2. The molecule has 146 valence electrons. The van der Waals surface area contributed by atoms with Gasteiger partial charge in [-0.2, -0.15) is 5.10 Å². The Morgan fingerprint density at radius 1 is 1.04 bits per heavy atom. The van der Waals surface area contributed by atoms with E-state index in [4.69, 9.17) is 4.98 Å². The van der Waals surface area contributed by atoms with Gasteiger partial charge in [-0.05, 0) is 44.2 Å². The van der Waals surface area contributed by atoms with Crippen LogP contribution < -0.4 is 0 Å². The summed E-state index contributed by atoms with van der Waals surface area (Å²) in [4.78, 5) is 23.8. The van der Waals surface area contributed by atoms with Crippen molar-refractivity contribution in [3.05, 3.63) is 47.5 Å². The molecule has 3 aromatic rings. The van der Waals surface area contributed by atoms with E-state index in [0.29, 0.717) is 5.92 Å². The largest absolute Gasteiger partial charge is 0.340 e. The quantitative estimate of drug-likeness (QED) is 0.694. The number of carbonyl (C=O) groups is 1. The summed E-state index contributed by atoms with van der Waals surface area (Å²) < 4.78 is 0. The van der Waals surface area contributed by atoms with Crippen molar-refractivity contribution in [3.8, 4) is 0 Å². The number of nitrogens with one attached hydrogen (secondary N) is 2. The molecule has 2 fully saturated rings. The Morgan fingerprint density at radius 3 is 2.71 bits per heavy atom. The van der Waals surface area contributed by atoms with Gasteiger partial charge in [0.05, 0.1) is 34.5 Å². The Balaban J connectivity index is 1.45. The van der Waals surface area contributed by atoms with Crippen LogP contribution in [-0.4, -0.2) is 37.5 Å². The number of imidazole rings is 1. The van der Waals surface area contributed by atoms with E-state index < -0.39 is 0 Å². The molecule has 0 unspecified atom stereocenters. The zero-order chi connectivity index (χ0) is 18.9. The lowest BCUT2D eigenvalue weighted by atomic mass is 9.85. The maximum atomic E-state index is 13.5. The maximum absolute atomic E-state index is 13.5. The van der Waals surface area contributed by atoms with Crippen molar-refractivity contribution in [2.24, 2.45) is 0 Å². The summed E-state index contributed by atoms with van der Waals surface area (Å²) in [5.41, 5.74) is 3.79. The first-order valence-corrected chi connectivity index (χ1v) is 10.6. The van der Waals surface area contributed by atoms with E-state index in [9.17, 15) is 4.79 Å². The molecule has 3 heterocycles. The predicted molar refractivity (Wildman–Crippen MR) is 108 cm³/mol. The lowest BCUT2D eigenvalue weighted by molar-refractivity contribution is 0.0599. The minimum absolute atomic E-state index is 0.00255. The number of amides is 1. The molecule has 28 heavy (non-hydrogen) atoms. The van der Waals surface area contributed by atoms with Gasteiger partial charge in [0.15, 0.2) is 0 Å². The Kier molecular flexibility index (Phi) is 4.63. The third kappa shape index (κ3) is 3.11. The molecule has 0 bridgehead atoms. The van der Waals surface area contributed by atoms with Gasteiger partial charge >= 0.3 is 0 Å². The first kappa shape index (κ1) is 17.5. The van der Waals surface area contributed by atoms with E-state index in [1.165, 1.54) is 19.3 Å². The molecule has 1 saturated carbocycles. The van der Waals surface area contributed by atoms with Gasteiger partial charge in [0.1, 0.15) is 5.82 Å². The molecule has 1 atom stereocenters. The van der Waals surface area contributed by atoms with Crippen LogP contribution in [-0.2, 0) is 0 Å². The highest BCUT2D eigenvalue weighted by Crippen LogP contribution is 2.36. The number of piperidine rings is 1. The number of rotatable bonds is 3. The van der Waals surface area contributed by atoms with E-state index in [-0.39, 0.29) is 11.9 Å². The first-order valence-electron chi connectivity index (χ1n) is 10.6. The van der Waals surface area contributed by atoms with E-state index in [1.807, 2.05) is 29.2 Å². The van der Waals surface area contributed by atoms with Crippen LogP contribution in [0.5, 0.6) is 0 Å². The molecule has 2 aliphatic rings. The van der Waals surface area contributed by atoms with E-state index in [2.05, 4.69) is 15.2 Å². The third-order valence-electron chi connectivity index (χ3n) is 6.40. The fraction of sp³-hybridized carbons (Fsp3) is 0.500. The number of hydrogen-bond donors (Lipinski definition) is 2. The first-order chi connectivity index (χ1) is 13.8. The summed E-state index contributed by atoms with van der Waals surface area (Å²) in [5, 5.41) is 7.40. The third-order valence-corrected chi connectivity index (χ3v) is 6.40. The number of carbonyl (C=O) groups excluding carboxylic acids is 1. The van der Waals surface area contributed by atoms with Crippen LogP contribution in [0, 0.1) is 0 Å². The number of aromatic nitrogens is 4. The normalized spacial score (nSPS) is 21.3. The fourth-order valence-corrected chi connectivity index (χ4v) is 4.91. The molecular formula is C22H27N5O. The number of hydrogen-bond acceptors (Lipinski definition) is 3. The maximum Gasteiger partial charge on any atom is 0.257 e. The number of nitrogens with zero attached hydrogens (tertiary/aromatic N) is 3. The van der Waals surface area contributed by atoms with Crippen LogP contribution >= 0.6 is 0 Å². The number of para-hydroxylation sites is 2. The van der Waals surface area contributed by atoms with Crippen molar-refractivity contribution < 1.29 is 4.79 Å². The predicted octanol–water partition coefficient (Wildman–Crippen LogP) is 4.70. The van der Waals surface area contributed by atoms with Crippen LogP contribution in [0.2, 0.25) is 0 Å². The van der Waals surface area contributed by atoms with Crippen LogP contribution in [0.15, 0.2) is 30.5 Å². The highest BCUT2D eigenvalue weighted by molar-refractivity contribution is 5.95. The van der Waals surface area contributed by atoms with Crippen molar-refractivity contribution in [2.45, 2.75) is 63.3 Å². The minimum atomic E-state index is 0.00255. The van der Waals surface area contributed by atoms with E-state index in [1.54, 1.807) is 6.20 Å². The second-order valence-electron chi connectivity index (χ2n) is 8.18. The van der Waals surface area contributed by atoms with Crippen LogP contribution in [0.3, 0.4) is 0 Å². The summed E-state index contributed by atoms with van der Waals surface area (Å²) in [6.07, 6.45) is 10.9. The van der Waals surface area contributed by atoms with Gasteiger partial charge in [-0.1, -0.05) is 31.4 Å². The van der Waals surface area contributed by atoms with Crippen molar-refractivity contribution in [1.82, 2.24) is 25.1 Å². The minimum Gasteiger partial charge on any atom is -0.340 e. The molecule has 0 radical (unpaired) electrons. The molecule has 1 saturated heterocycles. The van der Waals surface area contributed by atoms with E-state index in [0.717, 1.165) is 66.8 Å². The zero-order valence-electron chi connectivity index (χ0n) is 16.2. The summed E-state index contributed by atoms with van der Waals surface area (Å²) in [6.45, 7) is 0.774. The number of fused-ring (bicyclic) bond motifs is 1. The second kappa shape index (κ2) is 7.41. The topological polar surface area (TPSA) is 77.7 Å². The van der Waals surface area contributed by atoms with Gasteiger partial charge in [0.2, 0.25) is 0 Å². The summed E-state index contributed by atoms with van der Waals surface area (Å²) in [7, 11) is 0. The van der Waals surface area contributed by atoms with Crippen LogP contribution in [0.4, 0.5) is 0 Å². The molecule has 1 aliphatic carbocycles. The summed E-state index contributed by atoms with van der Waals surface area (Å²) in [5.74, 6) is 1.43. The molecule has 6 heteroatoms. The highest BCUT2D eigenvalue weighted by Gasteiger charge is 2.33. The van der Waals surface area contributed by atoms with Crippen LogP contribution in [0.25, 0.3) is 11.0 Å². The second-order valence-corrected chi connectivity index (χ2v) is 8.18. The smallest absolute Gasteiger partial charge is 0.257 e. The SMILES string of the molecule is O=C(c1cn[nH]c1C1CCCCC1)N1CCCC[C@@H]1c1nc2ccccc2[nH]1. The standard InChI is InChI=1S/C22H27N5O/c28-22(16-14-23-26-20(16)15-8-2-1-3-9-15)27-13-7-6-12-19(27)21-24-17-10-4-5-11-18(17)25-21/h4-5,10-11,14-15,19H,1-3,6-9,12-13H2,(H,23,26)(H,24,25)/t19-/m1/s1. The molecule has 1 amide bonds. The van der Waals surface area contributed by atoms with E-state index >= 15 is 0 Å². The van der Waals surface area contributed by atoms with Crippen molar-refractivity contribution >= 4 is 16.9 Å². The van der Waals surface area contributed by atoms with Crippen molar-refractivity contribution in [1.29, 1.82) is 0 Å². The Bertz CT molecular complexity index is 935. The number of likely N-dealkylation sites (tertiary alicyclic amines) is 1. The Hall–Kier alpha value is -2.63. The molecule has 5 rings (SSSR count). The lowest BCUT2D eigenvalue weighted by Crippen LogP contribution is -2.39. The molecule has 6 nitrogen and oxygen atoms in total. The highest BCUT2D eigenvalue weighted by atomic mass is 16.2. The van der Waals surface area contributed by atoms with Gasteiger partial charge in [0.25, 0.3) is 5.91 Å². The fourth-order valence-electron chi connectivity index (χ4n) is 4.91. The van der Waals surface area contributed by atoms with Crippen LogP contribution in [0.1, 0.15) is 85.2 Å².